The molecule has 0 aromatic carbocycles. The smallest absolute Gasteiger partial charge is 0.0619 e. The van der Waals surface area contributed by atoms with Crippen molar-refractivity contribution in [1.82, 2.24) is 5.32 Å². The third kappa shape index (κ3) is 7.20. The molecule has 90 valence electrons. The van der Waals surface area contributed by atoms with Gasteiger partial charge in [0.05, 0.1) is 6.61 Å². The first kappa shape index (κ1) is 13.3. The van der Waals surface area contributed by atoms with Crippen molar-refractivity contribution in [1.29, 1.82) is 0 Å². The van der Waals surface area contributed by atoms with Gasteiger partial charge in [-0.1, -0.05) is 13.8 Å². The summed E-state index contributed by atoms with van der Waals surface area (Å²) in [4.78, 5) is 0. The van der Waals surface area contributed by atoms with E-state index in [1.54, 1.807) is 0 Å². The molecule has 0 aromatic rings. The molecule has 1 saturated heterocycles. The van der Waals surface area contributed by atoms with Crippen LogP contribution in [-0.2, 0) is 4.74 Å². The van der Waals surface area contributed by atoms with Crippen molar-refractivity contribution in [3.8, 4) is 0 Å². The summed E-state index contributed by atoms with van der Waals surface area (Å²) in [5, 5.41) is 3.57. The molecule has 0 spiro atoms. The monoisotopic (exact) mass is 231 g/mol. The molecule has 1 atom stereocenters. The van der Waals surface area contributed by atoms with Crippen molar-refractivity contribution in [3.63, 3.8) is 0 Å². The average Bonchev–Trinajstić information content (AvgIpc) is 2.24. The maximum absolute atomic E-state index is 5.42. The van der Waals surface area contributed by atoms with E-state index in [1.165, 1.54) is 30.8 Å². The summed E-state index contributed by atoms with van der Waals surface area (Å²) in [5.74, 6) is 3.42. The Morgan fingerprint density at radius 1 is 1.47 bits per heavy atom. The van der Waals surface area contributed by atoms with Crippen LogP contribution in [0.5, 0.6) is 0 Å². The lowest BCUT2D eigenvalue weighted by Crippen LogP contribution is -2.37. The molecular formula is C12H25NOS. The van der Waals surface area contributed by atoms with Crippen LogP contribution >= 0.6 is 11.8 Å². The van der Waals surface area contributed by atoms with Crippen LogP contribution in [-0.4, -0.2) is 37.3 Å². The average molecular weight is 231 g/mol. The first-order valence-electron chi connectivity index (χ1n) is 6.18. The zero-order valence-corrected chi connectivity index (χ0v) is 10.9. The molecule has 0 aromatic heterocycles. The highest BCUT2D eigenvalue weighted by atomic mass is 32.2. The summed E-state index contributed by atoms with van der Waals surface area (Å²) in [6, 6.07) is 0.619. The third-order valence-electron chi connectivity index (χ3n) is 2.51. The predicted molar refractivity (Wildman–Crippen MR) is 68.6 cm³/mol. The molecule has 1 unspecified atom stereocenters. The number of thioether (sulfide) groups is 1. The standard InChI is InChI=1S/C12H25NOS/c1-11(2)10-15-8-4-6-13-12-5-3-7-14-9-12/h11-13H,3-10H2,1-2H3. The zero-order valence-electron chi connectivity index (χ0n) is 10.1. The Morgan fingerprint density at radius 2 is 2.33 bits per heavy atom. The van der Waals surface area contributed by atoms with E-state index in [2.05, 4.69) is 30.9 Å². The summed E-state index contributed by atoms with van der Waals surface area (Å²) in [5.41, 5.74) is 0. The number of hydrogen-bond donors (Lipinski definition) is 1. The molecule has 1 aliphatic heterocycles. The van der Waals surface area contributed by atoms with Crippen LogP contribution in [0.1, 0.15) is 33.1 Å². The quantitative estimate of drug-likeness (QED) is 0.680. The van der Waals surface area contributed by atoms with Crippen molar-refractivity contribution in [2.75, 3.05) is 31.3 Å². The summed E-state index contributed by atoms with van der Waals surface area (Å²) in [6.45, 7) is 7.59. The fourth-order valence-electron chi connectivity index (χ4n) is 1.70. The van der Waals surface area contributed by atoms with Gasteiger partial charge in [0, 0.05) is 12.6 Å². The van der Waals surface area contributed by atoms with E-state index < -0.39 is 0 Å². The molecule has 3 heteroatoms. The summed E-state index contributed by atoms with van der Waals surface area (Å²) >= 11 is 2.08. The molecule has 0 bridgehead atoms. The van der Waals surface area contributed by atoms with E-state index in [4.69, 9.17) is 4.74 Å². The van der Waals surface area contributed by atoms with Crippen LogP contribution in [0.3, 0.4) is 0 Å². The maximum Gasteiger partial charge on any atom is 0.0619 e. The first-order chi connectivity index (χ1) is 7.29. The van der Waals surface area contributed by atoms with E-state index >= 15 is 0 Å². The highest BCUT2D eigenvalue weighted by Crippen LogP contribution is 2.09. The fraction of sp³-hybridized carbons (Fsp3) is 1.00. The van der Waals surface area contributed by atoms with Gasteiger partial charge in [-0.3, -0.25) is 0 Å². The fourth-order valence-corrected chi connectivity index (χ4v) is 2.69. The second-order valence-corrected chi connectivity index (χ2v) is 5.84. The summed E-state index contributed by atoms with van der Waals surface area (Å²) in [7, 11) is 0. The molecule has 1 rings (SSSR count). The van der Waals surface area contributed by atoms with Crippen LogP contribution in [0.15, 0.2) is 0 Å². The maximum atomic E-state index is 5.42. The van der Waals surface area contributed by atoms with E-state index in [-0.39, 0.29) is 0 Å². The SMILES string of the molecule is CC(C)CSCCCNC1CCCOC1. The van der Waals surface area contributed by atoms with Crippen LogP contribution < -0.4 is 5.32 Å². The van der Waals surface area contributed by atoms with Gasteiger partial charge >= 0.3 is 0 Å². The number of nitrogens with one attached hydrogen (secondary N) is 1. The number of rotatable bonds is 7. The van der Waals surface area contributed by atoms with Gasteiger partial charge in [0.15, 0.2) is 0 Å². The van der Waals surface area contributed by atoms with Gasteiger partial charge in [0.25, 0.3) is 0 Å². The van der Waals surface area contributed by atoms with Gasteiger partial charge < -0.3 is 10.1 Å². The predicted octanol–water partition coefficient (Wildman–Crippen LogP) is 2.53. The van der Waals surface area contributed by atoms with E-state index in [1.807, 2.05) is 0 Å². The topological polar surface area (TPSA) is 21.3 Å². The Hall–Kier alpha value is 0.270. The van der Waals surface area contributed by atoms with E-state index in [0.29, 0.717) is 6.04 Å². The second-order valence-electron chi connectivity index (χ2n) is 4.69. The Morgan fingerprint density at radius 3 is 3.00 bits per heavy atom. The van der Waals surface area contributed by atoms with Gasteiger partial charge in [-0.25, -0.2) is 0 Å². The van der Waals surface area contributed by atoms with Crippen molar-refractivity contribution < 1.29 is 4.74 Å². The molecule has 1 N–H and O–H groups in total. The Kier molecular flexibility index (Phi) is 7.49. The zero-order chi connectivity index (χ0) is 10.9. The van der Waals surface area contributed by atoms with Crippen molar-refractivity contribution in [3.05, 3.63) is 0 Å². The Labute approximate surface area is 98.5 Å². The first-order valence-corrected chi connectivity index (χ1v) is 7.33. The molecule has 0 amide bonds. The molecule has 0 radical (unpaired) electrons. The highest BCUT2D eigenvalue weighted by molar-refractivity contribution is 7.99. The lowest BCUT2D eigenvalue weighted by molar-refractivity contribution is 0.0706. The van der Waals surface area contributed by atoms with Gasteiger partial charge in [-0.2, -0.15) is 11.8 Å². The van der Waals surface area contributed by atoms with E-state index in [9.17, 15) is 0 Å². The second kappa shape index (κ2) is 8.43. The normalized spacial score (nSPS) is 22.2. The molecule has 1 heterocycles. The molecule has 1 aliphatic rings. The van der Waals surface area contributed by atoms with Crippen molar-refractivity contribution in [2.24, 2.45) is 5.92 Å². The Bertz CT molecular complexity index is 147. The lowest BCUT2D eigenvalue weighted by atomic mass is 10.1. The van der Waals surface area contributed by atoms with Crippen molar-refractivity contribution in [2.45, 2.75) is 39.2 Å². The molecule has 0 aliphatic carbocycles. The van der Waals surface area contributed by atoms with Gasteiger partial charge in [-0.15, -0.1) is 0 Å². The number of ether oxygens (including phenoxy) is 1. The minimum absolute atomic E-state index is 0.619. The highest BCUT2D eigenvalue weighted by Gasteiger charge is 2.11. The largest absolute Gasteiger partial charge is 0.380 e. The van der Waals surface area contributed by atoms with Gasteiger partial charge in [-0.05, 0) is 43.2 Å². The van der Waals surface area contributed by atoms with Crippen LogP contribution in [0, 0.1) is 5.92 Å². The van der Waals surface area contributed by atoms with Crippen LogP contribution in [0.2, 0.25) is 0 Å². The molecule has 1 fully saturated rings. The summed E-state index contributed by atoms with van der Waals surface area (Å²) < 4.78 is 5.42. The van der Waals surface area contributed by atoms with Gasteiger partial charge in [0.1, 0.15) is 0 Å². The molecular weight excluding hydrogens is 206 g/mol. The van der Waals surface area contributed by atoms with Crippen molar-refractivity contribution >= 4 is 11.8 Å². The molecule has 15 heavy (non-hydrogen) atoms. The third-order valence-corrected chi connectivity index (χ3v) is 3.99. The van der Waals surface area contributed by atoms with Crippen LogP contribution in [0.4, 0.5) is 0 Å². The number of hydrogen-bond acceptors (Lipinski definition) is 3. The molecule has 0 saturated carbocycles. The molecule has 2 nitrogen and oxygen atoms in total. The minimum atomic E-state index is 0.619. The van der Waals surface area contributed by atoms with Gasteiger partial charge in [0.2, 0.25) is 0 Å². The summed E-state index contributed by atoms with van der Waals surface area (Å²) in [6.07, 6.45) is 3.80. The Balaban J connectivity index is 1.83. The lowest BCUT2D eigenvalue weighted by Gasteiger charge is -2.23. The van der Waals surface area contributed by atoms with E-state index in [0.717, 1.165) is 25.7 Å². The minimum Gasteiger partial charge on any atom is -0.380 e. The van der Waals surface area contributed by atoms with Crippen LogP contribution in [0.25, 0.3) is 0 Å².